The number of anilines is 1. The van der Waals surface area contributed by atoms with Crippen LogP contribution in [0.4, 0.5) is 10.5 Å². The predicted octanol–water partition coefficient (Wildman–Crippen LogP) is 2.61. The van der Waals surface area contributed by atoms with Gasteiger partial charge in [0.05, 0.1) is 5.25 Å². The number of nitrogens with zero attached hydrogens (tertiary/aromatic N) is 3. The number of carbonyl (C=O) groups is 2. The Bertz CT molecular complexity index is 712. The van der Waals surface area contributed by atoms with E-state index in [-0.39, 0.29) is 22.5 Å². The number of hydrogen-bond acceptors (Lipinski definition) is 6. The van der Waals surface area contributed by atoms with Gasteiger partial charge in [-0.3, -0.25) is 9.69 Å². The third-order valence-electron chi connectivity index (χ3n) is 5.09. The van der Waals surface area contributed by atoms with E-state index in [1.165, 1.54) is 0 Å². The standard InChI is InChI=1S/C18H22ClN3O3S2/c1-20-6-8-21(9-7-20)18(24)25-17-15-14(26-10-11-27-15)16(23)22(17)13-4-2-12(19)3-5-13/h2-5,14-15,17H,6-11H2,1H3. The Morgan fingerprint density at radius 1 is 1.11 bits per heavy atom. The van der Waals surface area contributed by atoms with E-state index in [1.807, 2.05) is 19.2 Å². The van der Waals surface area contributed by atoms with E-state index >= 15 is 0 Å². The second-order valence-electron chi connectivity index (χ2n) is 6.88. The minimum atomic E-state index is -0.589. The molecule has 1 aromatic carbocycles. The lowest BCUT2D eigenvalue weighted by molar-refractivity contribution is -0.117. The van der Waals surface area contributed by atoms with Gasteiger partial charge < -0.3 is 14.5 Å². The number of thioether (sulfide) groups is 2. The largest absolute Gasteiger partial charge is 0.424 e. The zero-order valence-electron chi connectivity index (χ0n) is 15.0. The fourth-order valence-corrected chi connectivity index (χ4v) is 6.66. The highest BCUT2D eigenvalue weighted by molar-refractivity contribution is 8.07. The molecule has 9 heteroatoms. The highest BCUT2D eigenvalue weighted by Crippen LogP contribution is 2.43. The number of halogens is 1. The second kappa shape index (κ2) is 8.11. The first-order valence-electron chi connectivity index (χ1n) is 9.00. The van der Waals surface area contributed by atoms with Crippen molar-refractivity contribution in [3.05, 3.63) is 29.3 Å². The maximum Gasteiger partial charge on any atom is 0.411 e. The molecule has 0 spiro atoms. The molecule has 0 N–H and O–H groups in total. The molecule has 0 saturated carbocycles. The minimum Gasteiger partial charge on any atom is -0.424 e. The molecule has 3 saturated heterocycles. The van der Waals surface area contributed by atoms with Crippen LogP contribution >= 0.6 is 35.1 Å². The van der Waals surface area contributed by atoms with Gasteiger partial charge in [0.15, 0.2) is 6.23 Å². The van der Waals surface area contributed by atoms with Crippen LogP contribution in [0.1, 0.15) is 0 Å². The highest BCUT2D eigenvalue weighted by atomic mass is 35.5. The van der Waals surface area contributed by atoms with Crippen LogP contribution in [-0.4, -0.2) is 83.3 Å². The Morgan fingerprint density at radius 2 is 1.78 bits per heavy atom. The lowest BCUT2D eigenvalue weighted by atomic mass is 10.3. The highest BCUT2D eigenvalue weighted by Gasteiger charge is 2.53. The first kappa shape index (κ1) is 19.2. The van der Waals surface area contributed by atoms with E-state index in [4.69, 9.17) is 16.3 Å². The fourth-order valence-electron chi connectivity index (χ4n) is 3.56. The summed E-state index contributed by atoms with van der Waals surface area (Å²) in [6.45, 7) is 2.95. The number of rotatable bonds is 2. The summed E-state index contributed by atoms with van der Waals surface area (Å²) in [7, 11) is 2.04. The first-order valence-corrected chi connectivity index (χ1v) is 11.5. The molecule has 0 bridgehead atoms. The molecule has 3 atom stereocenters. The maximum atomic E-state index is 13.1. The average molecular weight is 428 g/mol. The normalized spacial score (nSPS) is 29.0. The van der Waals surface area contributed by atoms with Crippen molar-refractivity contribution in [2.75, 3.05) is 49.6 Å². The number of ether oxygens (including phenoxy) is 1. The van der Waals surface area contributed by atoms with Crippen molar-refractivity contribution in [1.82, 2.24) is 9.80 Å². The third kappa shape index (κ3) is 3.90. The number of benzene rings is 1. The van der Waals surface area contributed by atoms with Crippen LogP contribution in [0.5, 0.6) is 0 Å². The van der Waals surface area contributed by atoms with Gasteiger partial charge in [-0.05, 0) is 31.3 Å². The summed E-state index contributed by atoms with van der Waals surface area (Å²) in [5, 5.41) is 0.380. The van der Waals surface area contributed by atoms with Crippen molar-refractivity contribution in [1.29, 1.82) is 0 Å². The summed E-state index contributed by atoms with van der Waals surface area (Å²) in [5.41, 5.74) is 0.719. The topological polar surface area (TPSA) is 53.1 Å². The van der Waals surface area contributed by atoms with Crippen molar-refractivity contribution in [3.63, 3.8) is 0 Å². The van der Waals surface area contributed by atoms with E-state index < -0.39 is 6.23 Å². The molecular weight excluding hydrogens is 406 g/mol. The van der Waals surface area contributed by atoms with Crippen molar-refractivity contribution in [2.24, 2.45) is 0 Å². The zero-order chi connectivity index (χ0) is 19.0. The molecule has 4 rings (SSSR count). The number of piperazine rings is 1. The van der Waals surface area contributed by atoms with Gasteiger partial charge in [0.25, 0.3) is 0 Å². The fraction of sp³-hybridized carbons (Fsp3) is 0.556. The molecule has 27 heavy (non-hydrogen) atoms. The van der Waals surface area contributed by atoms with Gasteiger partial charge in [0, 0.05) is 48.4 Å². The van der Waals surface area contributed by atoms with E-state index in [0.717, 1.165) is 30.3 Å². The molecule has 6 nitrogen and oxygen atoms in total. The summed E-state index contributed by atoms with van der Waals surface area (Å²) in [5.74, 6) is 1.90. The van der Waals surface area contributed by atoms with E-state index in [1.54, 1.807) is 45.5 Å². The summed E-state index contributed by atoms with van der Waals surface area (Å²) in [4.78, 5) is 31.4. The Morgan fingerprint density at radius 3 is 2.48 bits per heavy atom. The number of amides is 2. The van der Waals surface area contributed by atoms with Gasteiger partial charge in [0.1, 0.15) is 5.25 Å². The number of carbonyl (C=O) groups excluding carboxylic acids is 2. The molecule has 2 amide bonds. The van der Waals surface area contributed by atoms with Crippen LogP contribution < -0.4 is 4.90 Å². The predicted molar refractivity (Wildman–Crippen MR) is 111 cm³/mol. The lowest BCUT2D eigenvalue weighted by Crippen LogP contribution is -2.50. The smallest absolute Gasteiger partial charge is 0.411 e. The maximum absolute atomic E-state index is 13.1. The summed E-state index contributed by atoms with van der Waals surface area (Å²) in [6.07, 6.45) is -0.926. The lowest BCUT2D eigenvalue weighted by Gasteiger charge is -2.35. The SMILES string of the molecule is CN1CCN(C(=O)OC2C3SCCSC3C(=O)N2c2ccc(Cl)cc2)CC1. The number of fused-ring (bicyclic) bond motifs is 1. The van der Waals surface area contributed by atoms with Crippen molar-refractivity contribution in [2.45, 2.75) is 16.7 Å². The van der Waals surface area contributed by atoms with Crippen molar-refractivity contribution in [3.8, 4) is 0 Å². The van der Waals surface area contributed by atoms with E-state index in [2.05, 4.69) is 4.90 Å². The first-order chi connectivity index (χ1) is 13.0. The molecule has 3 unspecified atom stereocenters. The summed E-state index contributed by atoms with van der Waals surface area (Å²) in [6, 6.07) is 7.13. The molecule has 0 radical (unpaired) electrons. The number of hydrogen-bond donors (Lipinski definition) is 0. The Labute approximate surface area is 172 Å². The third-order valence-corrected chi connectivity index (χ3v) is 8.40. The van der Waals surface area contributed by atoms with Gasteiger partial charge in [-0.25, -0.2) is 4.79 Å². The van der Waals surface area contributed by atoms with Crippen LogP contribution in [0, 0.1) is 0 Å². The van der Waals surface area contributed by atoms with E-state index in [9.17, 15) is 9.59 Å². The minimum absolute atomic E-state index is 0.00991. The molecule has 3 heterocycles. The van der Waals surface area contributed by atoms with Gasteiger partial charge in [-0.15, -0.1) is 11.8 Å². The van der Waals surface area contributed by atoms with Gasteiger partial charge in [-0.1, -0.05) is 11.6 Å². The van der Waals surface area contributed by atoms with E-state index in [0.29, 0.717) is 18.1 Å². The second-order valence-corrected chi connectivity index (χ2v) is 9.85. The van der Waals surface area contributed by atoms with Crippen LogP contribution in [0.3, 0.4) is 0 Å². The average Bonchev–Trinajstić information content (AvgIpc) is 2.95. The van der Waals surface area contributed by atoms with Gasteiger partial charge >= 0.3 is 6.09 Å². The summed E-state index contributed by atoms with van der Waals surface area (Å²) >= 11 is 9.39. The van der Waals surface area contributed by atoms with Gasteiger partial charge in [-0.2, -0.15) is 11.8 Å². The van der Waals surface area contributed by atoms with Crippen LogP contribution in [0.2, 0.25) is 5.02 Å². The molecule has 0 aromatic heterocycles. The zero-order valence-corrected chi connectivity index (χ0v) is 17.4. The Kier molecular flexibility index (Phi) is 5.78. The summed E-state index contributed by atoms with van der Waals surface area (Å²) < 4.78 is 5.93. The molecule has 3 aliphatic rings. The van der Waals surface area contributed by atoms with Crippen LogP contribution in [0.15, 0.2) is 24.3 Å². The quantitative estimate of drug-likeness (QED) is 0.723. The monoisotopic (exact) mass is 427 g/mol. The number of likely N-dealkylation sites (N-methyl/N-ethyl adjacent to an activating group) is 1. The molecular formula is C18H22ClN3O3S2. The molecule has 0 aliphatic carbocycles. The molecule has 146 valence electrons. The van der Waals surface area contributed by atoms with Gasteiger partial charge in [0.2, 0.25) is 5.91 Å². The Balaban J connectivity index is 1.57. The van der Waals surface area contributed by atoms with Crippen molar-refractivity contribution >= 4 is 52.8 Å². The van der Waals surface area contributed by atoms with Crippen molar-refractivity contribution < 1.29 is 14.3 Å². The molecule has 3 aliphatic heterocycles. The molecule has 3 fully saturated rings. The van der Waals surface area contributed by atoms with Crippen LogP contribution in [0.25, 0.3) is 0 Å². The van der Waals surface area contributed by atoms with Crippen LogP contribution in [-0.2, 0) is 9.53 Å². The Hall–Kier alpha value is -1.09. The molecule has 1 aromatic rings.